The van der Waals surface area contributed by atoms with Crippen molar-refractivity contribution in [2.24, 2.45) is 0 Å². The number of carbonyl (C=O) groups is 1. The van der Waals surface area contributed by atoms with Crippen molar-refractivity contribution >= 4 is 5.91 Å². The third kappa shape index (κ3) is 43.5. The Balaban J connectivity index is 1.25. The second-order valence-electron chi connectivity index (χ2n) is 31.0. The van der Waals surface area contributed by atoms with Crippen molar-refractivity contribution in [2.75, 3.05) is 26.4 Å². The fraction of sp³-hybridized carbons (Fsp3) is 0.988. The van der Waals surface area contributed by atoms with E-state index in [9.17, 15) is 61.0 Å². The predicted molar refractivity (Wildman–Crippen MR) is 402 cm³/mol. The molecule has 0 saturated carbocycles. The summed E-state index contributed by atoms with van der Waals surface area (Å²) in [6.45, 7) is 1.86. The van der Waals surface area contributed by atoms with Gasteiger partial charge in [-0.15, -0.1) is 0 Å². The third-order valence-corrected chi connectivity index (χ3v) is 21.9. The monoisotopic (exact) mass is 1450 g/mol. The van der Waals surface area contributed by atoms with Crippen LogP contribution in [-0.2, 0) is 33.2 Å². The highest BCUT2D eigenvalue weighted by Crippen LogP contribution is 2.34. The molecular weight excluding hydrogens is 1290 g/mol. The zero-order chi connectivity index (χ0) is 73.2. The molecule has 17 atom stereocenters. The normalized spacial score (nSPS) is 26.2. The van der Waals surface area contributed by atoms with Crippen LogP contribution < -0.4 is 5.32 Å². The van der Waals surface area contributed by atoms with E-state index in [1.165, 1.54) is 308 Å². The molecule has 1 amide bonds. The van der Waals surface area contributed by atoms with Crippen molar-refractivity contribution in [3.63, 3.8) is 0 Å². The molecule has 19 heteroatoms. The Kier molecular flexibility index (Phi) is 59.3. The highest BCUT2D eigenvalue weighted by Gasteiger charge is 2.54. The molecule has 17 unspecified atom stereocenters. The minimum absolute atomic E-state index is 0.233. The van der Waals surface area contributed by atoms with Crippen molar-refractivity contribution in [1.29, 1.82) is 0 Å². The Hall–Kier alpha value is -1.21. The Labute approximate surface area is 614 Å². The molecule has 0 radical (unpaired) electrons. The molecule has 0 bridgehead atoms. The van der Waals surface area contributed by atoms with Crippen LogP contribution in [0.1, 0.15) is 386 Å². The van der Waals surface area contributed by atoms with Crippen LogP contribution in [0.3, 0.4) is 0 Å². The highest BCUT2D eigenvalue weighted by molar-refractivity contribution is 5.76. The molecule has 0 aromatic rings. The van der Waals surface area contributed by atoms with Crippen molar-refractivity contribution in [3.05, 3.63) is 0 Å². The average Bonchev–Trinajstić information content (AvgIpc) is 0.782. The van der Waals surface area contributed by atoms with Gasteiger partial charge in [-0.2, -0.15) is 0 Å². The van der Waals surface area contributed by atoms with Gasteiger partial charge in [-0.3, -0.25) is 4.79 Å². The molecule has 19 nitrogen and oxygen atoms in total. The van der Waals surface area contributed by atoms with Crippen molar-refractivity contribution in [1.82, 2.24) is 5.32 Å². The van der Waals surface area contributed by atoms with Crippen molar-refractivity contribution < 1.29 is 89.4 Å². The number of aliphatic hydroxyl groups is 11. The van der Waals surface area contributed by atoms with Gasteiger partial charge >= 0.3 is 0 Å². The quantitative estimate of drug-likeness (QED) is 0.0252. The molecule has 3 aliphatic rings. The Bertz CT molecular complexity index is 1820. The fourth-order valence-corrected chi connectivity index (χ4v) is 15.1. The fourth-order valence-electron chi connectivity index (χ4n) is 15.1. The SMILES string of the molecule is CCCCCCCCCCCCCCCCCCCCCCCCCCCCCCCCCCCCCCCCCCCC(=O)NC(COC1OC(CO)C(OC2OC(CO)C(OC3OC(CO)C(O)C(O)C3O)C(O)C2O)C(O)C1O)C(O)CCCCCCCCCCCCCCCCC. The number of ether oxygens (including phenoxy) is 6. The van der Waals surface area contributed by atoms with E-state index in [0.29, 0.717) is 12.8 Å². The van der Waals surface area contributed by atoms with Gasteiger partial charge in [-0.1, -0.05) is 367 Å². The average molecular weight is 1450 g/mol. The maximum Gasteiger partial charge on any atom is 0.220 e. The first kappa shape index (κ1) is 94.0. The zero-order valence-corrected chi connectivity index (χ0v) is 64.4. The van der Waals surface area contributed by atoms with Gasteiger partial charge < -0.3 is 89.9 Å². The number of amides is 1. The number of carbonyl (C=O) groups excluding carboxylic acids is 1. The molecule has 600 valence electrons. The van der Waals surface area contributed by atoms with Crippen LogP contribution in [0.2, 0.25) is 0 Å². The van der Waals surface area contributed by atoms with Crippen LogP contribution in [0.25, 0.3) is 0 Å². The van der Waals surface area contributed by atoms with Gasteiger partial charge in [0.1, 0.15) is 73.2 Å². The number of nitrogens with one attached hydrogen (secondary N) is 1. The molecule has 3 fully saturated rings. The lowest BCUT2D eigenvalue weighted by molar-refractivity contribution is -0.379. The summed E-state index contributed by atoms with van der Waals surface area (Å²) < 4.78 is 34.5. The first-order chi connectivity index (χ1) is 49.3. The third-order valence-electron chi connectivity index (χ3n) is 21.9. The van der Waals surface area contributed by atoms with E-state index in [2.05, 4.69) is 19.2 Å². The number of hydrogen-bond acceptors (Lipinski definition) is 18. The van der Waals surface area contributed by atoms with Crippen LogP contribution in [0.4, 0.5) is 0 Å². The molecule has 3 heterocycles. The van der Waals surface area contributed by atoms with Gasteiger partial charge in [0.05, 0.1) is 38.6 Å². The number of hydrogen-bond donors (Lipinski definition) is 12. The lowest BCUT2D eigenvalue weighted by atomic mass is 9.96. The zero-order valence-electron chi connectivity index (χ0n) is 64.4. The Morgan fingerprint density at radius 3 is 0.861 bits per heavy atom. The topological polar surface area (TPSA) is 307 Å². The summed E-state index contributed by atoms with van der Waals surface area (Å²) in [6.07, 6.45) is 48.2. The van der Waals surface area contributed by atoms with E-state index in [0.717, 1.165) is 44.9 Å². The lowest BCUT2D eigenvalue weighted by Gasteiger charge is -2.48. The molecular formula is C82H159NO18. The number of unbranched alkanes of at least 4 members (excludes halogenated alkanes) is 54. The van der Waals surface area contributed by atoms with E-state index >= 15 is 0 Å². The highest BCUT2D eigenvalue weighted by atomic mass is 16.8. The number of rotatable bonds is 70. The Morgan fingerprint density at radius 2 is 0.564 bits per heavy atom. The van der Waals surface area contributed by atoms with E-state index in [4.69, 9.17) is 28.4 Å². The molecule has 3 aliphatic heterocycles. The van der Waals surface area contributed by atoms with Gasteiger partial charge in [0.15, 0.2) is 18.9 Å². The van der Waals surface area contributed by atoms with Crippen molar-refractivity contribution in [3.8, 4) is 0 Å². The summed E-state index contributed by atoms with van der Waals surface area (Å²) >= 11 is 0. The first-order valence-electron chi connectivity index (χ1n) is 42.8. The Morgan fingerprint density at radius 1 is 0.317 bits per heavy atom. The second-order valence-corrected chi connectivity index (χ2v) is 31.0. The first-order valence-corrected chi connectivity index (χ1v) is 42.8. The molecule has 3 rings (SSSR count). The standard InChI is InChI=1S/C82H159NO18/c1-3-5-7-9-11-13-15-17-19-20-21-22-23-24-25-26-27-28-29-30-31-32-33-34-35-36-37-38-39-40-41-42-43-44-46-48-50-52-54-56-58-60-70(88)83-65(66(87)59-57-55-53-51-49-47-45-18-16-14-12-10-8-6-4-2)64-96-80-76(94)73(91)78(68(62-85)98-80)101-82-77(95)74(92)79(69(63-86)99-82)100-81-75(93)72(90)71(89)67(61-84)97-81/h65-69,71-82,84-87,89-95H,3-64H2,1-2H3,(H,83,88). The molecule has 0 spiro atoms. The van der Waals surface area contributed by atoms with E-state index in [-0.39, 0.29) is 18.9 Å². The van der Waals surface area contributed by atoms with Crippen molar-refractivity contribution in [2.45, 2.75) is 491 Å². The van der Waals surface area contributed by atoms with E-state index in [1.54, 1.807) is 0 Å². The summed E-state index contributed by atoms with van der Waals surface area (Å²) in [6, 6.07) is -0.882. The van der Waals surface area contributed by atoms with Crippen LogP contribution in [0.15, 0.2) is 0 Å². The molecule has 0 aromatic heterocycles. The van der Waals surface area contributed by atoms with Crippen LogP contribution in [-0.4, -0.2) is 193 Å². The number of aliphatic hydroxyl groups excluding tert-OH is 11. The van der Waals surface area contributed by atoms with Crippen LogP contribution >= 0.6 is 0 Å². The van der Waals surface area contributed by atoms with Gasteiger partial charge in [0.25, 0.3) is 0 Å². The van der Waals surface area contributed by atoms with E-state index < -0.39 is 124 Å². The molecule has 12 N–H and O–H groups in total. The summed E-state index contributed by atoms with van der Waals surface area (Å²) in [5.41, 5.74) is 0. The van der Waals surface area contributed by atoms with Gasteiger partial charge in [-0.05, 0) is 12.8 Å². The minimum atomic E-state index is -1.97. The lowest BCUT2D eigenvalue weighted by Crippen LogP contribution is -2.66. The second kappa shape index (κ2) is 63.7. The van der Waals surface area contributed by atoms with E-state index in [1.807, 2.05) is 0 Å². The molecule has 0 aliphatic carbocycles. The van der Waals surface area contributed by atoms with Crippen LogP contribution in [0, 0.1) is 0 Å². The summed E-state index contributed by atoms with van der Waals surface area (Å²) in [7, 11) is 0. The summed E-state index contributed by atoms with van der Waals surface area (Å²) in [5.74, 6) is -0.233. The van der Waals surface area contributed by atoms with Gasteiger partial charge in [-0.25, -0.2) is 0 Å². The predicted octanol–water partition coefficient (Wildman–Crippen LogP) is 15.0. The maximum absolute atomic E-state index is 13.5. The largest absolute Gasteiger partial charge is 0.394 e. The van der Waals surface area contributed by atoms with Gasteiger partial charge in [0, 0.05) is 6.42 Å². The minimum Gasteiger partial charge on any atom is -0.394 e. The summed E-state index contributed by atoms with van der Waals surface area (Å²) in [4.78, 5) is 13.5. The molecule has 101 heavy (non-hydrogen) atoms. The van der Waals surface area contributed by atoms with Crippen LogP contribution in [0.5, 0.6) is 0 Å². The smallest absolute Gasteiger partial charge is 0.220 e. The summed E-state index contributed by atoms with van der Waals surface area (Å²) in [5, 5.41) is 121. The molecule has 3 saturated heterocycles. The maximum atomic E-state index is 13.5. The molecule has 0 aromatic carbocycles. The van der Waals surface area contributed by atoms with Gasteiger partial charge in [0.2, 0.25) is 5.91 Å².